The number of aryl methyl sites for hydroxylation is 1. The second kappa shape index (κ2) is 3.87. The highest BCUT2D eigenvalue weighted by atomic mass is 15.4. The Morgan fingerprint density at radius 3 is 3.23 bits per heavy atom. The van der Waals surface area contributed by atoms with E-state index in [-0.39, 0.29) is 0 Å². The molecule has 1 N–H and O–H groups in total. The maximum atomic E-state index is 4.05. The van der Waals surface area contributed by atoms with Gasteiger partial charge in [0.05, 0.1) is 11.9 Å². The molecule has 1 saturated heterocycles. The lowest BCUT2D eigenvalue weighted by atomic mass is 10.00. The fraction of sp³-hybridized carbons (Fsp3) is 0.778. The van der Waals surface area contributed by atoms with E-state index >= 15 is 0 Å². The predicted octanol–water partition coefficient (Wildman–Crippen LogP) is 0.586. The van der Waals surface area contributed by atoms with Crippen LogP contribution in [0.15, 0.2) is 6.20 Å². The summed E-state index contributed by atoms with van der Waals surface area (Å²) in [7, 11) is 0. The van der Waals surface area contributed by atoms with Gasteiger partial charge in [0.15, 0.2) is 0 Å². The van der Waals surface area contributed by atoms with E-state index in [1.807, 2.05) is 10.9 Å². The summed E-state index contributed by atoms with van der Waals surface area (Å²) < 4.78 is 2.00. The molecule has 2 heterocycles. The van der Waals surface area contributed by atoms with Crippen LogP contribution in [0.3, 0.4) is 0 Å². The van der Waals surface area contributed by atoms with Crippen LogP contribution >= 0.6 is 0 Å². The summed E-state index contributed by atoms with van der Waals surface area (Å²) in [5.41, 5.74) is 1.16. The highest BCUT2D eigenvalue weighted by Crippen LogP contribution is 2.12. The molecule has 0 saturated carbocycles. The van der Waals surface area contributed by atoms with Gasteiger partial charge in [0.25, 0.3) is 0 Å². The number of aromatic nitrogens is 3. The van der Waals surface area contributed by atoms with E-state index in [0.29, 0.717) is 0 Å². The van der Waals surface area contributed by atoms with E-state index in [4.69, 9.17) is 0 Å². The van der Waals surface area contributed by atoms with Crippen LogP contribution in [0.2, 0.25) is 0 Å². The molecule has 0 spiro atoms. The minimum atomic E-state index is 0.731. The highest BCUT2D eigenvalue weighted by molar-refractivity contribution is 4.89. The second-order valence-corrected chi connectivity index (χ2v) is 3.77. The van der Waals surface area contributed by atoms with Crippen molar-refractivity contribution in [2.45, 2.75) is 26.3 Å². The molecule has 0 radical (unpaired) electrons. The molecule has 1 aromatic heterocycles. The highest BCUT2D eigenvalue weighted by Gasteiger charge is 2.14. The monoisotopic (exact) mass is 180 g/mol. The first-order valence-corrected chi connectivity index (χ1v) is 4.92. The van der Waals surface area contributed by atoms with Gasteiger partial charge in [-0.25, -0.2) is 4.68 Å². The van der Waals surface area contributed by atoms with Crippen molar-refractivity contribution in [3.05, 3.63) is 11.9 Å². The van der Waals surface area contributed by atoms with Crippen molar-refractivity contribution in [3.8, 4) is 0 Å². The van der Waals surface area contributed by atoms with E-state index in [9.17, 15) is 0 Å². The van der Waals surface area contributed by atoms with Gasteiger partial charge in [-0.15, -0.1) is 5.10 Å². The van der Waals surface area contributed by atoms with Crippen LogP contribution in [-0.2, 0) is 6.54 Å². The zero-order chi connectivity index (χ0) is 9.10. The van der Waals surface area contributed by atoms with E-state index in [0.717, 1.165) is 24.7 Å². The van der Waals surface area contributed by atoms with Gasteiger partial charge in [-0.05, 0) is 38.8 Å². The SMILES string of the molecule is Cc1cnnn1CC1CCCNC1. The third-order valence-electron chi connectivity index (χ3n) is 2.64. The summed E-state index contributed by atoms with van der Waals surface area (Å²) in [5.74, 6) is 0.731. The maximum absolute atomic E-state index is 4.05. The molecule has 4 heteroatoms. The minimum Gasteiger partial charge on any atom is -0.316 e. The molecule has 1 aromatic rings. The number of piperidine rings is 1. The Hall–Kier alpha value is -0.900. The summed E-state index contributed by atoms with van der Waals surface area (Å²) in [6.45, 7) is 5.36. The molecule has 2 rings (SSSR count). The lowest BCUT2D eigenvalue weighted by Crippen LogP contribution is -2.32. The number of rotatable bonds is 2. The Bertz CT molecular complexity index is 262. The number of hydrogen-bond acceptors (Lipinski definition) is 3. The van der Waals surface area contributed by atoms with Crippen LogP contribution in [0.4, 0.5) is 0 Å². The largest absolute Gasteiger partial charge is 0.316 e. The molecule has 1 fully saturated rings. The summed E-state index contributed by atoms with van der Waals surface area (Å²) in [5, 5.41) is 11.3. The molecular formula is C9H16N4. The number of nitrogens with zero attached hydrogens (tertiary/aromatic N) is 3. The van der Waals surface area contributed by atoms with Crippen molar-refractivity contribution in [1.82, 2.24) is 20.3 Å². The Morgan fingerprint density at radius 1 is 1.69 bits per heavy atom. The van der Waals surface area contributed by atoms with Crippen LogP contribution in [0.5, 0.6) is 0 Å². The summed E-state index contributed by atoms with van der Waals surface area (Å²) >= 11 is 0. The quantitative estimate of drug-likeness (QED) is 0.724. The molecule has 0 amide bonds. The topological polar surface area (TPSA) is 42.7 Å². The van der Waals surface area contributed by atoms with Crippen LogP contribution in [0.25, 0.3) is 0 Å². The number of nitrogens with one attached hydrogen (secondary N) is 1. The lowest BCUT2D eigenvalue weighted by molar-refractivity contribution is 0.320. The molecule has 72 valence electrons. The van der Waals surface area contributed by atoms with Gasteiger partial charge in [-0.2, -0.15) is 0 Å². The molecule has 1 aliphatic heterocycles. The molecule has 0 bridgehead atoms. The smallest absolute Gasteiger partial charge is 0.0722 e. The normalized spacial score (nSPS) is 23.3. The van der Waals surface area contributed by atoms with Gasteiger partial charge in [-0.1, -0.05) is 5.21 Å². The zero-order valence-electron chi connectivity index (χ0n) is 8.03. The van der Waals surface area contributed by atoms with E-state index in [1.165, 1.54) is 19.4 Å². The second-order valence-electron chi connectivity index (χ2n) is 3.77. The van der Waals surface area contributed by atoms with Crippen LogP contribution in [-0.4, -0.2) is 28.1 Å². The zero-order valence-corrected chi connectivity index (χ0v) is 8.03. The Morgan fingerprint density at radius 2 is 2.62 bits per heavy atom. The van der Waals surface area contributed by atoms with Gasteiger partial charge < -0.3 is 5.32 Å². The van der Waals surface area contributed by atoms with Gasteiger partial charge in [-0.3, -0.25) is 0 Å². The first kappa shape index (κ1) is 8.69. The standard InChI is InChI=1S/C9H16N4/c1-8-5-11-12-13(8)7-9-3-2-4-10-6-9/h5,9-10H,2-4,6-7H2,1H3. The van der Waals surface area contributed by atoms with Gasteiger partial charge in [0, 0.05) is 6.54 Å². The van der Waals surface area contributed by atoms with E-state index < -0.39 is 0 Å². The van der Waals surface area contributed by atoms with Crippen molar-refractivity contribution in [1.29, 1.82) is 0 Å². The summed E-state index contributed by atoms with van der Waals surface area (Å²) in [6.07, 6.45) is 4.42. The fourth-order valence-electron chi connectivity index (χ4n) is 1.81. The molecule has 1 unspecified atom stereocenters. The maximum Gasteiger partial charge on any atom is 0.0722 e. The predicted molar refractivity (Wildman–Crippen MR) is 50.4 cm³/mol. The molecule has 4 nitrogen and oxygen atoms in total. The Kier molecular flexibility index (Phi) is 2.59. The molecular weight excluding hydrogens is 164 g/mol. The van der Waals surface area contributed by atoms with Gasteiger partial charge in [0.2, 0.25) is 0 Å². The van der Waals surface area contributed by atoms with Crippen LogP contribution in [0, 0.1) is 12.8 Å². The van der Waals surface area contributed by atoms with E-state index in [1.54, 1.807) is 0 Å². The van der Waals surface area contributed by atoms with Crippen molar-refractivity contribution >= 4 is 0 Å². The lowest BCUT2D eigenvalue weighted by Gasteiger charge is -2.22. The Labute approximate surface area is 78.3 Å². The average molecular weight is 180 g/mol. The summed E-state index contributed by atoms with van der Waals surface area (Å²) in [6, 6.07) is 0. The first-order chi connectivity index (χ1) is 6.36. The average Bonchev–Trinajstić information content (AvgIpc) is 2.54. The third kappa shape index (κ3) is 2.06. The summed E-state index contributed by atoms with van der Waals surface area (Å²) in [4.78, 5) is 0. The molecule has 13 heavy (non-hydrogen) atoms. The van der Waals surface area contributed by atoms with Crippen molar-refractivity contribution in [2.75, 3.05) is 13.1 Å². The fourth-order valence-corrected chi connectivity index (χ4v) is 1.81. The van der Waals surface area contributed by atoms with Crippen LogP contribution in [0.1, 0.15) is 18.5 Å². The van der Waals surface area contributed by atoms with Crippen molar-refractivity contribution < 1.29 is 0 Å². The first-order valence-electron chi connectivity index (χ1n) is 4.92. The molecule has 0 aromatic carbocycles. The van der Waals surface area contributed by atoms with Crippen molar-refractivity contribution in [2.24, 2.45) is 5.92 Å². The van der Waals surface area contributed by atoms with Gasteiger partial charge >= 0.3 is 0 Å². The van der Waals surface area contributed by atoms with Crippen LogP contribution < -0.4 is 5.32 Å². The van der Waals surface area contributed by atoms with Gasteiger partial charge in [0.1, 0.15) is 0 Å². The molecule has 0 aliphatic carbocycles. The van der Waals surface area contributed by atoms with E-state index in [2.05, 4.69) is 22.6 Å². The minimum absolute atomic E-state index is 0.731. The molecule has 1 atom stereocenters. The number of hydrogen-bond donors (Lipinski definition) is 1. The molecule has 1 aliphatic rings. The van der Waals surface area contributed by atoms with Crippen molar-refractivity contribution in [3.63, 3.8) is 0 Å². The Balaban J connectivity index is 1.93. The third-order valence-corrected chi connectivity index (χ3v) is 2.64.